The summed E-state index contributed by atoms with van der Waals surface area (Å²) < 4.78 is 5.20. The van der Waals surface area contributed by atoms with Crippen molar-refractivity contribution in [2.45, 2.75) is 58.5 Å². The molecule has 0 aromatic heterocycles. The van der Waals surface area contributed by atoms with Crippen LogP contribution in [0.15, 0.2) is 0 Å². The van der Waals surface area contributed by atoms with E-state index in [1.165, 1.54) is 0 Å². The van der Waals surface area contributed by atoms with E-state index in [1.807, 2.05) is 13.8 Å². The Morgan fingerprint density at radius 1 is 1.39 bits per heavy atom. The number of nitrogens with zero attached hydrogens (tertiary/aromatic N) is 1. The molecule has 0 unspecified atom stereocenters. The molecule has 0 aromatic carbocycles. The summed E-state index contributed by atoms with van der Waals surface area (Å²) in [4.78, 5) is 13.5. The molecule has 4 nitrogen and oxygen atoms in total. The fraction of sp³-hybridized carbons (Fsp3) is 0.929. The minimum absolute atomic E-state index is 0.176. The summed E-state index contributed by atoms with van der Waals surface area (Å²) in [6.07, 6.45) is 4.54. The van der Waals surface area contributed by atoms with Crippen LogP contribution in [0.3, 0.4) is 0 Å². The molecule has 0 aliphatic carbocycles. The average Bonchev–Trinajstić information content (AvgIpc) is 2.28. The average molecular weight is 257 g/mol. The summed E-state index contributed by atoms with van der Waals surface area (Å²) in [5, 5.41) is 9.78. The van der Waals surface area contributed by atoms with Gasteiger partial charge in [-0.3, -0.25) is 0 Å². The molecule has 0 saturated carbocycles. The van der Waals surface area contributed by atoms with Crippen LogP contribution in [-0.2, 0) is 4.74 Å². The van der Waals surface area contributed by atoms with Crippen molar-refractivity contribution in [3.05, 3.63) is 0 Å². The maximum absolute atomic E-state index is 11.7. The zero-order valence-electron chi connectivity index (χ0n) is 11.9. The molecule has 0 radical (unpaired) electrons. The van der Waals surface area contributed by atoms with E-state index < -0.39 is 5.60 Å². The van der Waals surface area contributed by atoms with Gasteiger partial charge in [-0.05, 0) is 45.4 Å². The maximum atomic E-state index is 11.7. The number of rotatable bonds is 5. The highest BCUT2D eigenvalue weighted by molar-refractivity contribution is 5.67. The highest BCUT2D eigenvalue weighted by Gasteiger charge is 2.27. The monoisotopic (exact) mass is 257 g/mol. The number of hydrogen-bond acceptors (Lipinski definition) is 3. The third kappa shape index (κ3) is 5.71. The fourth-order valence-electron chi connectivity index (χ4n) is 2.42. The summed E-state index contributed by atoms with van der Waals surface area (Å²) in [6.45, 7) is 7.81. The van der Waals surface area contributed by atoms with Gasteiger partial charge in [0.2, 0.25) is 0 Å². The lowest BCUT2D eigenvalue weighted by molar-refractivity contribution is 0.0350. The van der Waals surface area contributed by atoms with Crippen LogP contribution in [0, 0.1) is 5.92 Å². The summed E-state index contributed by atoms with van der Waals surface area (Å²) in [7, 11) is 0. The van der Waals surface area contributed by atoms with E-state index in [4.69, 9.17) is 4.74 Å². The van der Waals surface area contributed by atoms with Gasteiger partial charge >= 0.3 is 6.09 Å². The zero-order valence-corrected chi connectivity index (χ0v) is 11.9. The lowest BCUT2D eigenvalue weighted by Gasteiger charge is -2.33. The SMILES string of the molecule is CCCCOC(=O)N1CCC(CC(C)(C)O)CC1. The van der Waals surface area contributed by atoms with E-state index in [-0.39, 0.29) is 6.09 Å². The van der Waals surface area contributed by atoms with E-state index in [9.17, 15) is 9.90 Å². The normalized spacial score (nSPS) is 17.9. The first-order valence-electron chi connectivity index (χ1n) is 7.06. The fourth-order valence-corrected chi connectivity index (χ4v) is 2.42. The van der Waals surface area contributed by atoms with Gasteiger partial charge in [-0.15, -0.1) is 0 Å². The first kappa shape index (κ1) is 15.3. The van der Waals surface area contributed by atoms with Crippen molar-refractivity contribution in [2.24, 2.45) is 5.92 Å². The molecular formula is C14H27NO3. The first-order chi connectivity index (χ1) is 8.42. The number of piperidine rings is 1. The number of amides is 1. The number of carbonyl (C=O) groups is 1. The summed E-state index contributed by atoms with van der Waals surface area (Å²) in [5.74, 6) is 0.518. The molecule has 106 valence electrons. The lowest BCUT2D eigenvalue weighted by atomic mass is 9.86. The van der Waals surface area contributed by atoms with Crippen LogP contribution in [-0.4, -0.2) is 41.4 Å². The Morgan fingerprint density at radius 2 is 2.00 bits per heavy atom. The smallest absolute Gasteiger partial charge is 0.409 e. The molecule has 0 spiro atoms. The van der Waals surface area contributed by atoms with E-state index in [0.717, 1.165) is 45.2 Å². The van der Waals surface area contributed by atoms with E-state index >= 15 is 0 Å². The molecule has 1 heterocycles. The van der Waals surface area contributed by atoms with Crippen molar-refractivity contribution in [2.75, 3.05) is 19.7 Å². The number of unbranched alkanes of at least 4 members (excludes halogenated alkanes) is 1. The standard InChI is InChI=1S/C14H27NO3/c1-4-5-10-18-13(16)15-8-6-12(7-9-15)11-14(2,3)17/h12,17H,4-11H2,1-3H3. The Bertz CT molecular complexity index is 252. The van der Waals surface area contributed by atoms with Crippen LogP contribution in [0.5, 0.6) is 0 Å². The van der Waals surface area contributed by atoms with Crippen LogP contribution in [0.2, 0.25) is 0 Å². The predicted octanol–water partition coefficient (Wildman–Crippen LogP) is 2.80. The molecular weight excluding hydrogens is 230 g/mol. The number of carbonyl (C=O) groups excluding carboxylic acids is 1. The van der Waals surface area contributed by atoms with Crippen molar-refractivity contribution in [3.63, 3.8) is 0 Å². The third-order valence-corrected chi connectivity index (χ3v) is 3.38. The molecule has 1 aliphatic heterocycles. The van der Waals surface area contributed by atoms with Gasteiger partial charge in [0.15, 0.2) is 0 Å². The van der Waals surface area contributed by atoms with Crippen molar-refractivity contribution in [1.82, 2.24) is 4.90 Å². The minimum Gasteiger partial charge on any atom is -0.449 e. The first-order valence-corrected chi connectivity index (χ1v) is 7.06. The van der Waals surface area contributed by atoms with Crippen LogP contribution in [0.1, 0.15) is 52.9 Å². The molecule has 1 N–H and O–H groups in total. The van der Waals surface area contributed by atoms with Crippen LogP contribution < -0.4 is 0 Å². The molecule has 18 heavy (non-hydrogen) atoms. The van der Waals surface area contributed by atoms with Crippen LogP contribution in [0.4, 0.5) is 4.79 Å². The Morgan fingerprint density at radius 3 is 2.50 bits per heavy atom. The molecule has 0 aromatic rings. The second-order valence-corrected chi connectivity index (χ2v) is 5.91. The van der Waals surface area contributed by atoms with E-state index in [0.29, 0.717) is 12.5 Å². The predicted molar refractivity (Wildman–Crippen MR) is 71.5 cm³/mol. The molecule has 0 bridgehead atoms. The van der Waals surface area contributed by atoms with Gasteiger partial charge in [0.25, 0.3) is 0 Å². The molecule has 1 fully saturated rings. The molecule has 1 aliphatic rings. The Kier molecular flexibility index (Phi) is 5.93. The summed E-state index contributed by atoms with van der Waals surface area (Å²) in [5.41, 5.74) is -0.603. The van der Waals surface area contributed by atoms with Crippen LogP contribution >= 0.6 is 0 Å². The van der Waals surface area contributed by atoms with Crippen LogP contribution in [0.25, 0.3) is 0 Å². The lowest BCUT2D eigenvalue weighted by Crippen LogP contribution is -2.40. The third-order valence-electron chi connectivity index (χ3n) is 3.38. The topological polar surface area (TPSA) is 49.8 Å². The highest BCUT2D eigenvalue weighted by Crippen LogP contribution is 2.26. The quantitative estimate of drug-likeness (QED) is 0.770. The zero-order chi connectivity index (χ0) is 13.6. The van der Waals surface area contributed by atoms with Crippen molar-refractivity contribution < 1.29 is 14.6 Å². The second-order valence-electron chi connectivity index (χ2n) is 5.91. The number of aliphatic hydroxyl groups is 1. The van der Waals surface area contributed by atoms with E-state index in [2.05, 4.69) is 6.92 Å². The van der Waals surface area contributed by atoms with Crippen molar-refractivity contribution >= 4 is 6.09 Å². The van der Waals surface area contributed by atoms with Gasteiger partial charge < -0.3 is 14.7 Å². The van der Waals surface area contributed by atoms with Gasteiger partial charge in [-0.1, -0.05) is 13.3 Å². The Labute approximate surface area is 110 Å². The van der Waals surface area contributed by atoms with E-state index in [1.54, 1.807) is 4.90 Å². The number of ether oxygens (including phenoxy) is 1. The van der Waals surface area contributed by atoms with Crippen molar-refractivity contribution in [1.29, 1.82) is 0 Å². The molecule has 1 amide bonds. The highest BCUT2D eigenvalue weighted by atomic mass is 16.6. The van der Waals surface area contributed by atoms with Gasteiger partial charge in [-0.25, -0.2) is 4.79 Å². The van der Waals surface area contributed by atoms with Gasteiger partial charge in [-0.2, -0.15) is 0 Å². The minimum atomic E-state index is -0.603. The Hall–Kier alpha value is -0.770. The van der Waals surface area contributed by atoms with Gasteiger partial charge in [0.1, 0.15) is 0 Å². The second kappa shape index (κ2) is 6.98. The van der Waals surface area contributed by atoms with Gasteiger partial charge in [0, 0.05) is 13.1 Å². The summed E-state index contributed by atoms with van der Waals surface area (Å²) >= 11 is 0. The van der Waals surface area contributed by atoms with Crippen molar-refractivity contribution in [3.8, 4) is 0 Å². The Balaban J connectivity index is 2.24. The molecule has 1 saturated heterocycles. The number of hydrogen-bond donors (Lipinski definition) is 1. The maximum Gasteiger partial charge on any atom is 0.409 e. The van der Waals surface area contributed by atoms with Gasteiger partial charge in [0.05, 0.1) is 12.2 Å². The molecule has 1 rings (SSSR count). The number of likely N-dealkylation sites (tertiary alicyclic amines) is 1. The molecule has 4 heteroatoms. The molecule has 0 atom stereocenters. The summed E-state index contributed by atoms with van der Waals surface area (Å²) in [6, 6.07) is 0. The largest absolute Gasteiger partial charge is 0.449 e.